The molecule has 6 nitrogen and oxygen atoms in total. The quantitative estimate of drug-likeness (QED) is 0.438. The van der Waals surface area contributed by atoms with Crippen LogP contribution in [0.2, 0.25) is 5.02 Å². The molecule has 0 N–H and O–H groups in total. The minimum absolute atomic E-state index is 0.00112. The lowest BCUT2D eigenvalue weighted by molar-refractivity contribution is -0.182. The molecular formula is C24H22ClF5N6. The van der Waals surface area contributed by atoms with Crippen LogP contribution in [0, 0.1) is 17.0 Å². The predicted molar refractivity (Wildman–Crippen MR) is 122 cm³/mol. The van der Waals surface area contributed by atoms with Gasteiger partial charge < -0.3 is 4.90 Å². The number of fused-ring (bicyclic) bond motifs is 3. The van der Waals surface area contributed by atoms with Crippen LogP contribution in [-0.4, -0.2) is 50.0 Å². The second kappa shape index (κ2) is 8.11. The van der Waals surface area contributed by atoms with Gasteiger partial charge in [-0.05, 0) is 43.5 Å². The Morgan fingerprint density at radius 2 is 1.83 bits per heavy atom. The Morgan fingerprint density at radius 3 is 2.53 bits per heavy atom. The van der Waals surface area contributed by atoms with E-state index < -0.39 is 23.9 Å². The molecule has 4 heterocycles. The smallest absolute Gasteiger partial charge is 0.353 e. The Balaban J connectivity index is 1.25. The number of halogens is 6. The van der Waals surface area contributed by atoms with Crippen LogP contribution in [-0.2, 0) is 13.1 Å². The highest BCUT2D eigenvalue weighted by molar-refractivity contribution is 6.30. The van der Waals surface area contributed by atoms with E-state index in [9.17, 15) is 22.0 Å². The highest BCUT2D eigenvalue weighted by Gasteiger charge is 2.55. The van der Waals surface area contributed by atoms with E-state index in [-0.39, 0.29) is 30.2 Å². The van der Waals surface area contributed by atoms with E-state index in [2.05, 4.69) is 15.2 Å². The van der Waals surface area contributed by atoms with Crippen LogP contribution in [0.5, 0.6) is 0 Å². The van der Waals surface area contributed by atoms with Crippen molar-refractivity contribution < 1.29 is 22.0 Å². The molecule has 6 rings (SSSR count). The third-order valence-corrected chi connectivity index (χ3v) is 7.88. The van der Waals surface area contributed by atoms with Gasteiger partial charge in [-0.2, -0.15) is 13.2 Å². The van der Waals surface area contributed by atoms with Gasteiger partial charge in [-0.1, -0.05) is 11.6 Å². The maximum atomic E-state index is 14.1. The summed E-state index contributed by atoms with van der Waals surface area (Å²) in [5, 5.41) is 9.15. The number of rotatable bonds is 3. The van der Waals surface area contributed by atoms with E-state index >= 15 is 0 Å². The summed E-state index contributed by atoms with van der Waals surface area (Å²) in [6.07, 6.45) is -1.80. The third kappa shape index (κ3) is 3.83. The van der Waals surface area contributed by atoms with Gasteiger partial charge in [0.2, 0.25) is 0 Å². The van der Waals surface area contributed by atoms with Gasteiger partial charge >= 0.3 is 6.18 Å². The molecule has 1 saturated carbocycles. The second-order valence-electron chi connectivity index (χ2n) is 10.1. The largest absolute Gasteiger partial charge is 0.403 e. The van der Waals surface area contributed by atoms with Crippen molar-refractivity contribution in [3.8, 4) is 5.69 Å². The molecule has 36 heavy (non-hydrogen) atoms. The SMILES string of the molecule is CC(N1Cc2cc(Cl)ccc2-n2c(nnc2C2CC3(C2)CN(c2ncc(F)cc2F)C3)C1)C(F)(F)F. The standard InChI is InChI=1S/C24H22ClF5N6/c1-13(24(28,29)30)34-9-14-4-16(25)2-3-19(14)36-20(10-34)32-33-21(36)15-6-23(7-15)11-35(12-23)22-18(27)5-17(26)8-31-22/h2-5,8,13,15H,6-7,9-12H2,1H3. The number of hydrogen-bond acceptors (Lipinski definition) is 5. The highest BCUT2D eigenvalue weighted by atomic mass is 35.5. The normalized spacial score (nSPS) is 20.4. The van der Waals surface area contributed by atoms with Crippen molar-refractivity contribution >= 4 is 17.4 Å². The summed E-state index contributed by atoms with van der Waals surface area (Å²) in [5.74, 6) is -0.0221. The average molecular weight is 525 g/mol. The van der Waals surface area contributed by atoms with Gasteiger partial charge in [0, 0.05) is 42.1 Å². The zero-order valence-corrected chi connectivity index (χ0v) is 20.0. The van der Waals surface area contributed by atoms with Gasteiger partial charge in [-0.3, -0.25) is 9.47 Å². The molecular weight excluding hydrogens is 503 g/mol. The number of alkyl halides is 3. The zero-order chi connectivity index (χ0) is 25.4. The topological polar surface area (TPSA) is 50.1 Å². The van der Waals surface area contributed by atoms with Gasteiger partial charge in [-0.25, -0.2) is 13.8 Å². The monoisotopic (exact) mass is 524 g/mol. The van der Waals surface area contributed by atoms with Gasteiger partial charge in [0.05, 0.1) is 18.4 Å². The van der Waals surface area contributed by atoms with Crippen molar-refractivity contribution in [3.05, 3.63) is 64.3 Å². The summed E-state index contributed by atoms with van der Waals surface area (Å²) in [6, 6.07) is 4.38. The number of pyridine rings is 1. The molecule has 2 aliphatic heterocycles. The van der Waals surface area contributed by atoms with E-state index in [4.69, 9.17) is 11.6 Å². The first-order chi connectivity index (χ1) is 17.0. The minimum Gasteiger partial charge on any atom is -0.353 e. The maximum Gasteiger partial charge on any atom is 0.403 e. The van der Waals surface area contributed by atoms with Crippen molar-refractivity contribution in [3.63, 3.8) is 0 Å². The summed E-state index contributed by atoms with van der Waals surface area (Å²) >= 11 is 6.20. The van der Waals surface area contributed by atoms with Gasteiger partial charge in [0.15, 0.2) is 17.5 Å². The van der Waals surface area contributed by atoms with Gasteiger partial charge in [0.25, 0.3) is 0 Å². The van der Waals surface area contributed by atoms with Crippen molar-refractivity contribution in [1.82, 2.24) is 24.6 Å². The molecule has 0 radical (unpaired) electrons. The van der Waals surface area contributed by atoms with Crippen molar-refractivity contribution in [1.29, 1.82) is 0 Å². The first-order valence-corrected chi connectivity index (χ1v) is 12.0. The fraction of sp³-hybridized carbons (Fsp3) is 0.458. The van der Waals surface area contributed by atoms with Crippen molar-refractivity contribution in [2.24, 2.45) is 5.41 Å². The maximum absolute atomic E-state index is 14.1. The van der Waals surface area contributed by atoms with E-state index in [0.717, 1.165) is 37.7 Å². The van der Waals surface area contributed by atoms with Crippen molar-refractivity contribution in [2.45, 2.75) is 51.0 Å². The molecule has 2 fully saturated rings. The van der Waals surface area contributed by atoms with Crippen LogP contribution in [0.3, 0.4) is 0 Å². The Morgan fingerprint density at radius 1 is 1.08 bits per heavy atom. The fourth-order valence-electron chi connectivity index (χ4n) is 5.78. The minimum atomic E-state index is -4.38. The van der Waals surface area contributed by atoms with E-state index in [0.29, 0.717) is 35.3 Å². The summed E-state index contributed by atoms with van der Waals surface area (Å²) in [5.41, 5.74) is 1.39. The molecule has 1 aliphatic carbocycles. The predicted octanol–water partition coefficient (Wildman–Crippen LogP) is 5.24. The second-order valence-corrected chi connectivity index (χ2v) is 10.6. The molecule has 1 aromatic carbocycles. The van der Waals surface area contributed by atoms with Crippen LogP contribution in [0.25, 0.3) is 5.69 Å². The number of nitrogens with zero attached hydrogens (tertiary/aromatic N) is 6. The molecule has 1 saturated heterocycles. The molecule has 1 unspecified atom stereocenters. The fourth-order valence-corrected chi connectivity index (χ4v) is 5.97. The number of benzene rings is 1. The first-order valence-electron chi connectivity index (χ1n) is 11.6. The lowest BCUT2D eigenvalue weighted by Gasteiger charge is -2.59. The molecule has 3 aromatic rings. The van der Waals surface area contributed by atoms with E-state index in [1.54, 1.807) is 23.1 Å². The first kappa shape index (κ1) is 23.6. The Hall–Kier alpha value is -2.79. The lowest BCUT2D eigenvalue weighted by Crippen LogP contribution is -2.62. The van der Waals surface area contributed by atoms with Crippen LogP contribution >= 0.6 is 11.6 Å². The molecule has 1 atom stereocenters. The molecule has 12 heteroatoms. The average Bonchev–Trinajstić information content (AvgIpc) is 3.07. The van der Waals surface area contributed by atoms with Gasteiger partial charge in [0.1, 0.15) is 17.7 Å². The summed E-state index contributed by atoms with van der Waals surface area (Å²) in [4.78, 5) is 7.02. The highest BCUT2D eigenvalue weighted by Crippen LogP contribution is 2.56. The molecule has 0 amide bonds. The number of anilines is 1. The number of hydrogen-bond donors (Lipinski definition) is 0. The van der Waals surface area contributed by atoms with Gasteiger partial charge in [-0.15, -0.1) is 10.2 Å². The molecule has 0 bridgehead atoms. The van der Waals surface area contributed by atoms with Crippen LogP contribution < -0.4 is 4.90 Å². The van der Waals surface area contributed by atoms with E-state index in [1.807, 2.05) is 4.57 Å². The van der Waals surface area contributed by atoms with Crippen molar-refractivity contribution in [2.75, 3.05) is 18.0 Å². The van der Waals surface area contributed by atoms with E-state index in [1.165, 1.54) is 4.90 Å². The summed E-state index contributed by atoms with van der Waals surface area (Å²) < 4.78 is 69.9. The molecule has 190 valence electrons. The molecule has 2 aromatic heterocycles. The summed E-state index contributed by atoms with van der Waals surface area (Å²) in [6.45, 7) is 2.43. The lowest BCUT2D eigenvalue weighted by atomic mass is 9.57. The molecule has 1 spiro atoms. The van der Waals surface area contributed by atoms with Crippen LogP contribution in [0.15, 0.2) is 30.5 Å². The van der Waals surface area contributed by atoms with Crippen LogP contribution in [0.4, 0.5) is 27.8 Å². The number of aromatic nitrogens is 4. The molecule has 3 aliphatic rings. The summed E-state index contributed by atoms with van der Waals surface area (Å²) in [7, 11) is 0. The zero-order valence-electron chi connectivity index (χ0n) is 19.2. The Labute approximate surface area is 208 Å². The Bertz CT molecular complexity index is 1330. The van der Waals surface area contributed by atoms with Crippen LogP contribution in [0.1, 0.15) is 42.9 Å². The third-order valence-electron chi connectivity index (χ3n) is 7.64. The Kier molecular flexibility index (Phi) is 5.31.